The monoisotopic (exact) mass is 278 g/mol. The van der Waals surface area contributed by atoms with Crippen LogP contribution in [0.3, 0.4) is 0 Å². The standard InChI is InChI=1S/C15H22N2O3/c1-15(2,3)20-10-13(18)16-12-8-6-7-11(9-12)14(19)17(4)5/h6-9H,10H2,1-5H3,(H,16,18). The Morgan fingerprint density at radius 2 is 1.90 bits per heavy atom. The second-order valence-corrected chi connectivity index (χ2v) is 5.73. The molecule has 5 heteroatoms. The predicted molar refractivity (Wildman–Crippen MR) is 78.8 cm³/mol. The first-order valence-electron chi connectivity index (χ1n) is 6.44. The number of anilines is 1. The minimum atomic E-state index is -0.361. The van der Waals surface area contributed by atoms with Crippen LogP contribution in [0.2, 0.25) is 0 Å². The first-order valence-corrected chi connectivity index (χ1v) is 6.44. The highest BCUT2D eigenvalue weighted by Crippen LogP contribution is 2.12. The molecule has 0 bridgehead atoms. The number of nitrogens with one attached hydrogen (secondary N) is 1. The van der Waals surface area contributed by atoms with E-state index in [1.807, 2.05) is 20.8 Å². The Balaban J connectivity index is 2.67. The average Bonchev–Trinajstić information content (AvgIpc) is 2.35. The number of carbonyl (C=O) groups excluding carboxylic acids is 2. The van der Waals surface area contributed by atoms with Gasteiger partial charge < -0.3 is 15.0 Å². The fourth-order valence-electron chi connectivity index (χ4n) is 1.47. The molecule has 0 aliphatic rings. The summed E-state index contributed by atoms with van der Waals surface area (Å²) >= 11 is 0. The number of hydrogen-bond acceptors (Lipinski definition) is 3. The summed E-state index contributed by atoms with van der Waals surface area (Å²) in [4.78, 5) is 25.1. The zero-order valence-electron chi connectivity index (χ0n) is 12.7. The number of ether oxygens (including phenoxy) is 1. The van der Waals surface area contributed by atoms with Crippen molar-refractivity contribution in [2.45, 2.75) is 26.4 Å². The number of rotatable bonds is 4. The zero-order valence-corrected chi connectivity index (χ0v) is 12.7. The first-order chi connectivity index (χ1) is 9.19. The molecule has 0 unspecified atom stereocenters. The Morgan fingerprint density at radius 3 is 2.45 bits per heavy atom. The Labute approximate surface area is 119 Å². The Hall–Kier alpha value is -1.88. The minimum Gasteiger partial charge on any atom is -0.366 e. The van der Waals surface area contributed by atoms with Crippen molar-refractivity contribution in [3.05, 3.63) is 29.8 Å². The fraction of sp³-hybridized carbons (Fsp3) is 0.467. The van der Waals surface area contributed by atoms with Crippen molar-refractivity contribution >= 4 is 17.5 Å². The quantitative estimate of drug-likeness (QED) is 0.918. The number of benzene rings is 1. The molecule has 20 heavy (non-hydrogen) atoms. The van der Waals surface area contributed by atoms with E-state index in [-0.39, 0.29) is 24.0 Å². The minimum absolute atomic E-state index is 0.0185. The van der Waals surface area contributed by atoms with Crippen molar-refractivity contribution in [2.24, 2.45) is 0 Å². The first kappa shape index (κ1) is 16.2. The molecule has 1 aromatic rings. The molecule has 0 saturated carbocycles. The van der Waals surface area contributed by atoms with Crippen LogP contribution in [0.5, 0.6) is 0 Å². The Kier molecular flexibility index (Phi) is 5.27. The molecular formula is C15H22N2O3. The van der Waals surface area contributed by atoms with Gasteiger partial charge in [0.05, 0.1) is 5.60 Å². The zero-order chi connectivity index (χ0) is 15.3. The van der Waals surface area contributed by atoms with Gasteiger partial charge in [-0.3, -0.25) is 9.59 Å². The molecular weight excluding hydrogens is 256 g/mol. The molecule has 0 saturated heterocycles. The van der Waals surface area contributed by atoms with E-state index < -0.39 is 0 Å². The second-order valence-electron chi connectivity index (χ2n) is 5.73. The van der Waals surface area contributed by atoms with Crippen molar-refractivity contribution in [2.75, 3.05) is 26.0 Å². The molecule has 1 N–H and O–H groups in total. The van der Waals surface area contributed by atoms with E-state index in [9.17, 15) is 9.59 Å². The van der Waals surface area contributed by atoms with Crippen molar-refractivity contribution in [1.82, 2.24) is 4.90 Å². The predicted octanol–water partition coefficient (Wildman–Crippen LogP) is 2.14. The summed E-state index contributed by atoms with van der Waals surface area (Å²) in [5.74, 6) is -0.346. The molecule has 2 amide bonds. The van der Waals surface area contributed by atoms with Crippen LogP contribution in [0.4, 0.5) is 5.69 Å². The van der Waals surface area contributed by atoms with E-state index >= 15 is 0 Å². The van der Waals surface area contributed by atoms with Crippen LogP contribution < -0.4 is 5.32 Å². The molecule has 0 aromatic heterocycles. The Morgan fingerprint density at radius 1 is 1.25 bits per heavy atom. The van der Waals surface area contributed by atoms with Crippen molar-refractivity contribution < 1.29 is 14.3 Å². The van der Waals surface area contributed by atoms with Gasteiger partial charge in [0.25, 0.3) is 5.91 Å². The van der Waals surface area contributed by atoms with E-state index in [2.05, 4.69) is 5.32 Å². The fourth-order valence-corrected chi connectivity index (χ4v) is 1.47. The lowest BCUT2D eigenvalue weighted by molar-refractivity contribution is -0.125. The van der Waals surface area contributed by atoms with Crippen LogP contribution in [0.25, 0.3) is 0 Å². The van der Waals surface area contributed by atoms with E-state index in [4.69, 9.17) is 4.74 Å². The topological polar surface area (TPSA) is 58.6 Å². The maximum absolute atomic E-state index is 11.8. The molecule has 0 spiro atoms. The summed E-state index contributed by atoms with van der Waals surface area (Å²) in [6.07, 6.45) is 0. The molecule has 0 atom stereocenters. The molecule has 0 heterocycles. The van der Waals surface area contributed by atoms with Crippen LogP contribution in [0.15, 0.2) is 24.3 Å². The van der Waals surface area contributed by atoms with Gasteiger partial charge in [-0.15, -0.1) is 0 Å². The van der Waals surface area contributed by atoms with E-state index in [1.165, 1.54) is 4.90 Å². The molecule has 0 radical (unpaired) electrons. The average molecular weight is 278 g/mol. The van der Waals surface area contributed by atoms with Gasteiger partial charge in [-0.2, -0.15) is 0 Å². The van der Waals surface area contributed by atoms with E-state index in [0.29, 0.717) is 11.3 Å². The van der Waals surface area contributed by atoms with Gasteiger partial charge in [-0.25, -0.2) is 0 Å². The molecule has 110 valence electrons. The highest BCUT2D eigenvalue weighted by atomic mass is 16.5. The second kappa shape index (κ2) is 6.52. The lowest BCUT2D eigenvalue weighted by atomic mass is 10.2. The normalized spacial score (nSPS) is 11.1. The number of carbonyl (C=O) groups is 2. The summed E-state index contributed by atoms with van der Waals surface area (Å²) in [5.41, 5.74) is 0.754. The van der Waals surface area contributed by atoms with Gasteiger partial charge in [0, 0.05) is 25.3 Å². The molecule has 1 rings (SSSR count). The molecule has 1 aromatic carbocycles. The van der Waals surface area contributed by atoms with Crippen molar-refractivity contribution in [1.29, 1.82) is 0 Å². The van der Waals surface area contributed by atoms with Gasteiger partial charge >= 0.3 is 0 Å². The Bertz CT molecular complexity index is 490. The molecule has 0 aliphatic carbocycles. The van der Waals surface area contributed by atoms with Gasteiger partial charge in [0.2, 0.25) is 5.91 Å². The lowest BCUT2D eigenvalue weighted by Gasteiger charge is -2.19. The van der Waals surface area contributed by atoms with Gasteiger partial charge in [-0.1, -0.05) is 6.07 Å². The van der Waals surface area contributed by atoms with Crippen molar-refractivity contribution in [3.63, 3.8) is 0 Å². The summed E-state index contributed by atoms with van der Waals surface area (Å²) in [5, 5.41) is 2.71. The van der Waals surface area contributed by atoms with Gasteiger partial charge in [0.15, 0.2) is 0 Å². The largest absolute Gasteiger partial charge is 0.366 e. The van der Waals surface area contributed by atoms with E-state index in [1.54, 1.807) is 38.4 Å². The van der Waals surface area contributed by atoms with Crippen LogP contribution in [0.1, 0.15) is 31.1 Å². The maximum atomic E-state index is 11.8. The van der Waals surface area contributed by atoms with Crippen LogP contribution in [-0.4, -0.2) is 43.0 Å². The third-order valence-electron chi connectivity index (χ3n) is 2.44. The third kappa shape index (κ3) is 5.40. The summed E-state index contributed by atoms with van der Waals surface area (Å²) in [6, 6.07) is 6.83. The lowest BCUT2D eigenvalue weighted by Crippen LogP contribution is -2.27. The van der Waals surface area contributed by atoms with Crippen LogP contribution in [-0.2, 0) is 9.53 Å². The van der Waals surface area contributed by atoms with Gasteiger partial charge in [0.1, 0.15) is 6.61 Å². The SMILES string of the molecule is CN(C)C(=O)c1cccc(NC(=O)COC(C)(C)C)c1. The summed E-state index contributed by atoms with van der Waals surface area (Å²) in [7, 11) is 3.37. The number of nitrogens with zero attached hydrogens (tertiary/aromatic N) is 1. The molecule has 0 aliphatic heterocycles. The number of amides is 2. The highest BCUT2D eigenvalue weighted by molar-refractivity contribution is 5.97. The van der Waals surface area contributed by atoms with Crippen LogP contribution in [0, 0.1) is 0 Å². The molecule has 5 nitrogen and oxygen atoms in total. The molecule has 0 fully saturated rings. The smallest absolute Gasteiger partial charge is 0.253 e. The van der Waals surface area contributed by atoms with Gasteiger partial charge in [-0.05, 0) is 39.0 Å². The van der Waals surface area contributed by atoms with Crippen LogP contribution >= 0.6 is 0 Å². The summed E-state index contributed by atoms with van der Waals surface area (Å²) in [6.45, 7) is 5.64. The number of hydrogen-bond donors (Lipinski definition) is 1. The maximum Gasteiger partial charge on any atom is 0.253 e. The highest BCUT2D eigenvalue weighted by Gasteiger charge is 2.13. The van der Waals surface area contributed by atoms with Crippen molar-refractivity contribution in [3.8, 4) is 0 Å². The summed E-state index contributed by atoms with van der Waals surface area (Å²) < 4.78 is 5.39. The van der Waals surface area contributed by atoms with E-state index in [0.717, 1.165) is 0 Å². The third-order valence-corrected chi connectivity index (χ3v) is 2.44.